The predicted octanol–water partition coefficient (Wildman–Crippen LogP) is 3.72. The molecule has 0 amide bonds. The van der Waals surface area contributed by atoms with E-state index in [9.17, 15) is 13.2 Å². The second-order valence-electron chi connectivity index (χ2n) is 8.08. The van der Waals surface area contributed by atoms with Gasteiger partial charge < -0.3 is 9.47 Å². The number of pyridine rings is 1. The van der Waals surface area contributed by atoms with Gasteiger partial charge >= 0.3 is 0 Å². The Labute approximate surface area is 180 Å². The summed E-state index contributed by atoms with van der Waals surface area (Å²) in [6.45, 7) is 0.215. The average molecular weight is 436 g/mol. The number of Topliss-reactive ketones (excluding diaryl/α,β-unsaturated/α-hetero) is 1. The Balaban J connectivity index is 1.31. The van der Waals surface area contributed by atoms with Gasteiger partial charge in [0.2, 0.25) is 6.79 Å². The van der Waals surface area contributed by atoms with Crippen molar-refractivity contribution in [2.75, 3.05) is 13.0 Å². The second-order valence-corrected chi connectivity index (χ2v) is 10.1. The number of hydrogen-bond acceptors (Lipinski definition) is 6. The maximum absolute atomic E-state index is 13.1. The van der Waals surface area contributed by atoms with Gasteiger partial charge in [0.1, 0.15) is 5.78 Å². The number of sulfone groups is 1. The summed E-state index contributed by atoms with van der Waals surface area (Å²) in [5, 5.41) is 0. The van der Waals surface area contributed by atoms with Crippen molar-refractivity contribution in [3.05, 3.63) is 72.1 Å². The van der Waals surface area contributed by atoms with Gasteiger partial charge in [0, 0.05) is 30.1 Å². The highest BCUT2D eigenvalue weighted by Gasteiger charge is 2.50. The van der Waals surface area contributed by atoms with Gasteiger partial charge in [-0.05, 0) is 54.3 Å². The van der Waals surface area contributed by atoms with Crippen LogP contribution in [0.2, 0.25) is 0 Å². The lowest BCUT2D eigenvalue weighted by molar-refractivity contribution is -0.120. The standard InChI is InChI=1S/C24H21NO5S/c1-31(27,28)20-7-3-16(4-8-20)17-2-6-19(25-14-17)13-23(26)24(10-11-24)18-5-9-21-22(12-18)30-15-29-21/h2-9,12,14H,10-11,13,15H2,1H3. The van der Waals surface area contributed by atoms with E-state index in [1.807, 2.05) is 30.3 Å². The third kappa shape index (κ3) is 3.70. The van der Waals surface area contributed by atoms with E-state index in [0.29, 0.717) is 17.2 Å². The van der Waals surface area contributed by atoms with Crippen molar-refractivity contribution < 1.29 is 22.7 Å². The smallest absolute Gasteiger partial charge is 0.231 e. The van der Waals surface area contributed by atoms with Crippen molar-refractivity contribution in [1.29, 1.82) is 0 Å². The number of aromatic nitrogens is 1. The molecule has 0 spiro atoms. The van der Waals surface area contributed by atoms with Crippen LogP contribution in [-0.2, 0) is 26.5 Å². The van der Waals surface area contributed by atoms with Gasteiger partial charge in [0.25, 0.3) is 0 Å². The van der Waals surface area contributed by atoms with Crippen LogP contribution in [0.25, 0.3) is 11.1 Å². The minimum absolute atomic E-state index is 0.157. The zero-order valence-electron chi connectivity index (χ0n) is 17.0. The van der Waals surface area contributed by atoms with Crippen LogP contribution in [0.4, 0.5) is 0 Å². The van der Waals surface area contributed by atoms with E-state index in [4.69, 9.17) is 9.47 Å². The lowest BCUT2D eigenvalue weighted by atomic mass is 9.88. The molecule has 1 fully saturated rings. The van der Waals surface area contributed by atoms with E-state index in [2.05, 4.69) is 4.98 Å². The number of nitrogens with zero attached hydrogens (tertiary/aromatic N) is 1. The molecule has 0 N–H and O–H groups in total. The van der Waals surface area contributed by atoms with Gasteiger partial charge in [-0.25, -0.2) is 8.42 Å². The van der Waals surface area contributed by atoms with Crippen LogP contribution in [0.3, 0.4) is 0 Å². The summed E-state index contributed by atoms with van der Waals surface area (Å²) < 4.78 is 34.1. The molecule has 1 aromatic heterocycles. The minimum atomic E-state index is -3.22. The molecule has 7 heteroatoms. The van der Waals surface area contributed by atoms with Crippen LogP contribution in [0.1, 0.15) is 24.1 Å². The van der Waals surface area contributed by atoms with Crippen LogP contribution in [0.15, 0.2) is 65.7 Å². The minimum Gasteiger partial charge on any atom is -0.454 e. The van der Waals surface area contributed by atoms with Gasteiger partial charge in [0.05, 0.1) is 10.3 Å². The molecule has 2 aliphatic rings. The Bertz CT molecular complexity index is 1260. The van der Waals surface area contributed by atoms with E-state index < -0.39 is 15.3 Å². The number of rotatable bonds is 6. The molecule has 1 aliphatic carbocycles. The van der Waals surface area contributed by atoms with Crippen molar-refractivity contribution in [3.8, 4) is 22.6 Å². The number of carbonyl (C=O) groups excluding carboxylic acids is 1. The van der Waals surface area contributed by atoms with Crippen LogP contribution < -0.4 is 9.47 Å². The number of hydrogen-bond donors (Lipinski definition) is 0. The fourth-order valence-electron chi connectivity index (χ4n) is 3.98. The number of ketones is 1. The van der Waals surface area contributed by atoms with E-state index in [0.717, 1.165) is 29.5 Å². The van der Waals surface area contributed by atoms with Gasteiger partial charge in [-0.2, -0.15) is 0 Å². The Morgan fingerprint density at radius 3 is 2.32 bits per heavy atom. The second kappa shape index (κ2) is 7.20. The molecular formula is C24H21NO5S. The largest absolute Gasteiger partial charge is 0.454 e. The Hall–Kier alpha value is -3.19. The van der Waals surface area contributed by atoms with Crippen molar-refractivity contribution in [3.63, 3.8) is 0 Å². The number of fused-ring (bicyclic) bond motifs is 1. The summed E-state index contributed by atoms with van der Waals surface area (Å²) in [5.41, 5.74) is 2.98. The molecule has 1 aliphatic heterocycles. The first-order valence-electron chi connectivity index (χ1n) is 10.0. The van der Waals surface area contributed by atoms with Crippen LogP contribution in [0.5, 0.6) is 11.5 Å². The van der Waals surface area contributed by atoms with E-state index in [1.54, 1.807) is 30.5 Å². The fourth-order valence-corrected chi connectivity index (χ4v) is 4.61. The van der Waals surface area contributed by atoms with Crippen LogP contribution in [-0.4, -0.2) is 32.2 Å². The molecule has 2 heterocycles. The fraction of sp³-hybridized carbons (Fsp3) is 0.250. The highest BCUT2D eigenvalue weighted by atomic mass is 32.2. The van der Waals surface area contributed by atoms with Crippen molar-refractivity contribution >= 4 is 15.6 Å². The topological polar surface area (TPSA) is 82.6 Å². The molecule has 0 radical (unpaired) electrons. The summed E-state index contributed by atoms with van der Waals surface area (Å²) in [4.78, 5) is 17.9. The Kier molecular flexibility index (Phi) is 4.59. The number of benzene rings is 2. The first-order valence-corrected chi connectivity index (χ1v) is 11.9. The van der Waals surface area contributed by atoms with Gasteiger partial charge in [-0.3, -0.25) is 9.78 Å². The monoisotopic (exact) mass is 435 g/mol. The van der Waals surface area contributed by atoms with Crippen LogP contribution >= 0.6 is 0 Å². The van der Waals surface area contributed by atoms with E-state index in [1.165, 1.54) is 6.26 Å². The van der Waals surface area contributed by atoms with Crippen molar-refractivity contribution in [2.45, 2.75) is 29.6 Å². The molecule has 0 bridgehead atoms. The Morgan fingerprint density at radius 1 is 0.968 bits per heavy atom. The summed E-state index contributed by atoms with van der Waals surface area (Å²) in [7, 11) is -3.22. The third-order valence-corrected chi connectivity index (χ3v) is 7.12. The first-order chi connectivity index (χ1) is 14.8. The van der Waals surface area contributed by atoms with Crippen molar-refractivity contribution in [1.82, 2.24) is 4.98 Å². The lowest BCUT2D eigenvalue weighted by Crippen LogP contribution is -2.22. The molecule has 2 aromatic carbocycles. The normalized spacial score (nSPS) is 16.2. The SMILES string of the molecule is CS(=O)(=O)c1ccc(-c2ccc(CC(=O)C3(c4ccc5c(c4)OCO5)CC3)nc2)cc1. The zero-order valence-corrected chi connectivity index (χ0v) is 17.8. The third-order valence-electron chi connectivity index (χ3n) is 5.99. The van der Waals surface area contributed by atoms with E-state index in [-0.39, 0.29) is 23.9 Å². The quantitative estimate of drug-likeness (QED) is 0.587. The molecular weight excluding hydrogens is 414 g/mol. The average Bonchev–Trinajstić information content (AvgIpc) is 3.45. The number of carbonyl (C=O) groups is 1. The zero-order chi connectivity index (χ0) is 21.6. The van der Waals surface area contributed by atoms with Crippen molar-refractivity contribution in [2.24, 2.45) is 0 Å². The highest BCUT2D eigenvalue weighted by molar-refractivity contribution is 7.90. The highest BCUT2D eigenvalue weighted by Crippen LogP contribution is 2.51. The predicted molar refractivity (Wildman–Crippen MR) is 115 cm³/mol. The molecule has 0 atom stereocenters. The summed E-state index contributed by atoms with van der Waals surface area (Å²) in [5.74, 6) is 1.57. The molecule has 5 rings (SSSR count). The lowest BCUT2D eigenvalue weighted by Gasteiger charge is -2.15. The van der Waals surface area contributed by atoms with E-state index >= 15 is 0 Å². The summed E-state index contributed by atoms with van der Waals surface area (Å²) in [6.07, 6.45) is 4.83. The molecule has 6 nitrogen and oxygen atoms in total. The van der Waals surface area contributed by atoms with Gasteiger partial charge in [-0.1, -0.05) is 24.3 Å². The summed E-state index contributed by atoms with van der Waals surface area (Å²) >= 11 is 0. The molecule has 3 aromatic rings. The maximum atomic E-state index is 13.1. The van der Waals surface area contributed by atoms with Gasteiger partial charge in [0.15, 0.2) is 21.3 Å². The molecule has 0 saturated heterocycles. The molecule has 1 saturated carbocycles. The molecule has 31 heavy (non-hydrogen) atoms. The number of ether oxygens (including phenoxy) is 2. The Morgan fingerprint density at radius 2 is 1.68 bits per heavy atom. The van der Waals surface area contributed by atoms with Gasteiger partial charge in [-0.15, -0.1) is 0 Å². The molecule has 158 valence electrons. The molecule has 0 unspecified atom stereocenters. The maximum Gasteiger partial charge on any atom is 0.231 e. The first kappa shape index (κ1) is 19.8. The van der Waals surface area contributed by atoms with Crippen LogP contribution in [0, 0.1) is 0 Å². The summed E-state index contributed by atoms with van der Waals surface area (Å²) in [6, 6.07) is 16.2.